The third kappa shape index (κ3) is 3.82. The molecule has 0 saturated heterocycles. The van der Waals surface area contributed by atoms with Gasteiger partial charge in [0.1, 0.15) is 0 Å². The molecule has 0 aliphatic rings. The summed E-state index contributed by atoms with van der Waals surface area (Å²) >= 11 is 0. The molecule has 0 bridgehead atoms. The van der Waals surface area contributed by atoms with E-state index in [0.29, 0.717) is 0 Å². The molecule has 68 valence electrons. The molecule has 2 rings (SSSR count). The van der Waals surface area contributed by atoms with Crippen LogP contribution < -0.4 is 17.0 Å². The fourth-order valence-electron chi connectivity index (χ4n) is 1.12. The zero-order chi connectivity index (χ0) is 8.23. The summed E-state index contributed by atoms with van der Waals surface area (Å²) in [5.41, 5.74) is 1.25. The number of imidazole rings is 1. The van der Waals surface area contributed by atoms with Gasteiger partial charge < -0.3 is 21.5 Å². The molecule has 2 aromatic rings. The van der Waals surface area contributed by atoms with E-state index in [1.54, 1.807) is 6.20 Å². The second kappa shape index (κ2) is 7.03. The average molecular weight is 261 g/mol. The number of halogens is 1. The van der Waals surface area contributed by atoms with E-state index in [9.17, 15) is 0 Å². The number of nitrogens with zero attached hydrogens (tertiary/aromatic N) is 2. The first-order chi connectivity index (χ1) is 5.95. The van der Waals surface area contributed by atoms with Gasteiger partial charge in [-0.15, -0.1) is 5.56 Å². The van der Waals surface area contributed by atoms with Crippen LogP contribution in [0.2, 0.25) is 0 Å². The van der Waals surface area contributed by atoms with Gasteiger partial charge in [0.05, 0.1) is 6.33 Å². The predicted molar refractivity (Wildman–Crippen MR) is 52.4 cm³/mol. The number of aromatic nitrogens is 2. The van der Waals surface area contributed by atoms with Gasteiger partial charge in [0, 0.05) is 18.9 Å². The normalized spacial score (nSPS) is 8.57. The minimum Gasteiger partial charge on any atom is -1.00 e. The Morgan fingerprint density at radius 3 is 2.86 bits per heavy atom. The van der Waals surface area contributed by atoms with Crippen molar-refractivity contribution in [1.29, 1.82) is 0 Å². The smallest absolute Gasteiger partial charge is 1.00 e. The molecule has 0 spiro atoms. The topological polar surface area (TPSA) is 17.8 Å². The van der Waals surface area contributed by atoms with Gasteiger partial charge in [-0.05, 0) is 0 Å². The molecule has 0 atom stereocenters. The second-order valence-electron chi connectivity index (χ2n) is 2.65. The summed E-state index contributed by atoms with van der Waals surface area (Å²) in [5, 5.41) is 0. The second-order valence-corrected chi connectivity index (χ2v) is 2.65. The van der Waals surface area contributed by atoms with Gasteiger partial charge in [0.2, 0.25) is 0 Å². The molecule has 0 amide bonds. The van der Waals surface area contributed by atoms with Crippen LogP contribution in [-0.4, -0.2) is 32.6 Å². The summed E-state index contributed by atoms with van der Waals surface area (Å²) in [5.74, 6) is 0. The maximum absolute atomic E-state index is 3.97. The van der Waals surface area contributed by atoms with E-state index in [1.165, 1.54) is 5.56 Å². The van der Waals surface area contributed by atoms with Crippen LogP contribution in [0.25, 0.3) is 0 Å². The first kappa shape index (κ1) is 13.7. The Labute approximate surface area is 110 Å². The molecule has 4 heteroatoms. The van der Waals surface area contributed by atoms with Crippen molar-refractivity contribution in [3.8, 4) is 0 Å². The van der Waals surface area contributed by atoms with E-state index in [-0.39, 0.29) is 40.0 Å². The Hall–Kier alpha value is -0.324. The van der Waals surface area contributed by atoms with Crippen LogP contribution in [0, 0.1) is 6.07 Å². The molecular formula is C10H9BrMgN2. The van der Waals surface area contributed by atoms with E-state index in [1.807, 2.05) is 35.3 Å². The van der Waals surface area contributed by atoms with Crippen molar-refractivity contribution in [3.05, 3.63) is 54.6 Å². The molecule has 0 unspecified atom stereocenters. The van der Waals surface area contributed by atoms with Crippen molar-refractivity contribution in [2.75, 3.05) is 0 Å². The number of hydrogen-bond acceptors (Lipinski definition) is 1. The predicted octanol–water partition coefficient (Wildman–Crippen LogP) is -1.65. The maximum atomic E-state index is 3.97. The molecular weight excluding hydrogens is 252 g/mol. The average Bonchev–Trinajstić information content (AvgIpc) is 2.59. The van der Waals surface area contributed by atoms with E-state index >= 15 is 0 Å². The summed E-state index contributed by atoms with van der Waals surface area (Å²) in [4.78, 5) is 3.97. The summed E-state index contributed by atoms with van der Waals surface area (Å²) in [6.45, 7) is 0.872. The molecule has 14 heavy (non-hydrogen) atoms. The van der Waals surface area contributed by atoms with Crippen molar-refractivity contribution in [2.24, 2.45) is 0 Å². The molecule has 1 aromatic heterocycles. The molecule has 2 nitrogen and oxygen atoms in total. The van der Waals surface area contributed by atoms with Crippen LogP contribution in [0.1, 0.15) is 5.56 Å². The van der Waals surface area contributed by atoms with Crippen molar-refractivity contribution < 1.29 is 17.0 Å². The van der Waals surface area contributed by atoms with Gasteiger partial charge in [-0.25, -0.2) is 4.98 Å². The molecule has 0 aliphatic heterocycles. The first-order valence-electron chi connectivity index (χ1n) is 3.86. The van der Waals surface area contributed by atoms with Crippen LogP contribution in [-0.2, 0) is 6.54 Å². The van der Waals surface area contributed by atoms with Gasteiger partial charge >= 0.3 is 23.1 Å². The minimum absolute atomic E-state index is 0. The van der Waals surface area contributed by atoms with E-state index in [0.717, 1.165) is 6.54 Å². The molecule has 0 fully saturated rings. The Morgan fingerprint density at radius 1 is 1.43 bits per heavy atom. The van der Waals surface area contributed by atoms with Crippen LogP contribution in [0.15, 0.2) is 43.0 Å². The van der Waals surface area contributed by atoms with Gasteiger partial charge in [0.15, 0.2) is 0 Å². The Balaban J connectivity index is 0.000000845. The Bertz CT molecular complexity index is 334. The molecule has 0 saturated carbocycles. The zero-order valence-corrected chi connectivity index (χ0v) is 10.7. The number of rotatable bonds is 2. The van der Waals surface area contributed by atoms with Crippen molar-refractivity contribution in [1.82, 2.24) is 9.55 Å². The number of hydrogen-bond donors (Lipinski definition) is 0. The Kier molecular flexibility index (Phi) is 6.87. The molecule has 0 aliphatic carbocycles. The van der Waals surface area contributed by atoms with E-state index < -0.39 is 0 Å². The van der Waals surface area contributed by atoms with Gasteiger partial charge in [0.25, 0.3) is 0 Å². The van der Waals surface area contributed by atoms with Crippen LogP contribution in [0.3, 0.4) is 0 Å². The van der Waals surface area contributed by atoms with Gasteiger partial charge in [-0.1, -0.05) is 0 Å². The molecule has 1 aromatic carbocycles. The fraction of sp³-hybridized carbons (Fsp3) is 0.100. The first-order valence-corrected chi connectivity index (χ1v) is 3.86. The standard InChI is InChI=1S/C10H9N2.BrH.Mg/c1-2-4-10(5-3-1)8-12-7-6-11-9-12;;/h1-2,4-7,9H,8H2;1H;/q-1;;+2/p-1. The third-order valence-corrected chi connectivity index (χ3v) is 1.70. The molecule has 1 heterocycles. The monoisotopic (exact) mass is 260 g/mol. The van der Waals surface area contributed by atoms with Crippen LogP contribution in [0.4, 0.5) is 0 Å². The van der Waals surface area contributed by atoms with E-state index in [4.69, 9.17) is 0 Å². The minimum atomic E-state index is 0. The largest absolute Gasteiger partial charge is 2.00 e. The quantitative estimate of drug-likeness (QED) is 0.468. The summed E-state index contributed by atoms with van der Waals surface area (Å²) in [6, 6.07) is 11.0. The van der Waals surface area contributed by atoms with Gasteiger partial charge in [-0.3, -0.25) is 0 Å². The fourth-order valence-corrected chi connectivity index (χ4v) is 1.12. The summed E-state index contributed by atoms with van der Waals surface area (Å²) in [6.07, 6.45) is 5.55. The van der Waals surface area contributed by atoms with Crippen molar-refractivity contribution in [3.63, 3.8) is 0 Å². The Morgan fingerprint density at radius 2 is 2.29 bits per heavy atom. The third-order valence-electron chi connectivity index (χ3n) is 1.70. The molecule has 0 radical (unpaired) electrons. The molecule has 0 N–H and O–H groups in total. The zero-order valence-electron chi connectivity index (χ0n) is 7.73. The van der Waals surface area contributed by atoms with Crippen molar-refractivity contribution in [2.45, 2.75) is 6.54 Å². The van der Waals surface area contributed by atoms with E-state index in [2.05, 4.69) is 17.1 Å². The van der Waals surface area contributed by atoms with Crippen molar-refractivity contribution >= 4 is 23.1 Å². The number of benzene rings is 1. The van der Waals surface area contributed by atoms with Gasteiger partial charge in [-0.2, -0.15) is 30.3 Å². The van der Waals surface area contributed by atoms with Crippen LogP contribution in [0.5, 0.6) is 0 Å². The SMILES string of the molecule is [Br-].[Mg+2].[c-]1cccc(Cn2ccnc2)c1. The van der Waals surface area contributed by atoms with Crippen LogP contribution >= 0.6 is 0 Å². The maximum Gasteiger partial charge on any atom is 2.00 e. The summed E-state index contributed by atoms with van der Waals surface area (Å²) in [7, 11) is 0. The summed E-state index contributed by atoms with van der Waals surface area (Å²) < 4.78 is 2.03.